The molecule has 2 aromatic carbocycles. The van der Waals surface area contributed by atoms with E-state index in [1.54, 1.807) is 24.4 Å². The fourth-order valence-corrected chi connectivity index (χ4v) is 3.43. The number of thiol groups is 1. The third-order valence-electron chi connectivity index (χ3n) is 4.77. The van der Waals surface area contributed by atoms with Crippen LogP contribution >= 0.6 is 12.6 Å². The minimum absolute atomic E-state index is 0.0864. The largest absolute Gasteiger partial charge is 0.416 e. The van der Waals surface area contributed by atoms with Crippen LogP contribution in [-0.2, 0) is 25.0 Å². The SMILES string of the molecule is O=C(Nc1cccc(C(F)(F)F)c1)c1cccc(N2Cc3cnc(CS)nc3C2)c1. The number of fused-ring (bicyclic) bond motifs is 1. The van der Waals surface area contributed by atoms with E-state index >= 15 is 0 Å². The third-order valence-corrected chi connectivity index (χ3v) is 5.05. The lowest BCUT2D eigenvalue weighted by Gasteiger charge is -2.18. The van der Waals surface area contributed by atoms with Gasteiger partial charge in [0, 0.05) is 35.2 Å². The standard InChI is InChI=1S/C21H17F3N4OS/c22-21(23,24)15-4-2-5-16(8-15)26-20(29)13-3-1-6-17(7-13)28-10-14-9-25-19(12-30)27-18(14)11-28/h1-9,30H,10-12H2,(H,26,29). The molecule has 154 valence electrons. The van der Waals surface area contributed by atoms with Crippen molar-refractivity contribution in [3.05, 3.63) is 82.9 Å². The van der Waals surface area contributed by atoms with Crippen molar-refractivity contribution in [2.75, 3.05) is 10.2 Å². The predicted octanol–water partition coefficient (Wildman–Crippen LogP) is 4.70. The number of carbonyl (C=O) groups excluding carboxylic acids is 1. The molecule has 0 unspecified atom stereocenters. The molecule has 0 radical (unpaired) electrons. The molecule has 1 aliphatic heterocycles. The summed E-state index contributed by atoms with van der Waals surface area (Å²) >= 11 is 4.20. The monoisotopic (exact) mass is 430 g/mol. The van der Waals surface area contributed by atoms with Gasteiger partial charge in [0.25, 0.3) is 5.91 Å². The summed E-state index contributed by atoms with van der Waals surface area (Å²) in [4.78, 5) is 23.4. The average Bonchev–Trinajstić information content (AvgIpc) is 3.17. The maximum absolute atomic E-state index is 12.9. The van der Waals surface area contributed by atoms with E-state index in [4.69, 9.17) is 0 Å². The zero-order valence-corrected chi connectivity index (χ0v) is 16.5. The molecule has 1 aromatic heterocycles. The number of nitrogens with one attached hydrogen (secondary N) is 1. The average molecular weight is 430 g/mol. The van der Waals surface area contributed by atoms with Crippen LogP contribution in [0, 0.1) is 0 Å². The van der Waals surface area contributed by atoms with E-state index in [0.717, 1.165) is 29.1 Å². The Labute approximate surface area is 176 Å². The summed E-state index contributed by atoms with van der Waals surface area (Å²) < 4.78 is 38.6. The van der Waals surface area contributed by atoms with Crippen LogP contribution in [0.5, 0.6) is 0 Å². The Kier molecular flexibility index (Phi) is 5.38. The summed E-state index contributed by atoms with van der Waals surface area (Å²) in [6.07, 6.45) is -2.68. The second-order valence-electron chi connectivity index (χ2n) is 6.86. The Balaban J connectivity index is 1.51. The normalized spacial score (nSPS) is 13.3. The van der Waals surface area contributed by atoms with Crippen LogP contribution in [0.3, 0.4) is 0 Å². The summed E-state index contributed by atoms with van der Waals surface area (Å²) in [7, 11) is 0. The van der Waals surface area contributed by atoms with E-state index in [0.29, 0.717) is 30.2 Å². The van der Waals surface area contributed by atoms with Crippen molar-refractivity contribution in [3.8, 4) is 0 Å². The van der Waals surface area contributed by atoms with Crippen molar-refractivity contribution in [1.82, 2.24) is 9.97 Å². The number of benzene rings is 2. The van der Waals surface area contributed by atoms with Crippen molar-refractivity contribution in [1.29, 1.82) is 0 Å². The van der Waals surface area contributed by atoms with Gasteiger partial charge in [0.2, 0.25) is 0 Å². The third kappa shape index (κ3) is 4.25. The Bertz CT molecular complexity index is 1100. The van der Waals surface area contributed by atoms with Gasteiger partial charge in [-0.2, -0.15) is 25.8 Å². The van der Waals surface area contributed by atoms with Crippen LogP contribution in [-0.4, -0.2) is 15.9 Å². The number of hydrogen-bond acceptors (Lipinski definition) is 5. The fourth-order valence-electron chi connectivity index (χ4n) is 3.27. The summed E-state index contributed by atoms with van der Waals surface area (Å²) in [5.74, 6) is 0.636. The maximum atomic E-state index is 12.9. The minimum Gasteiger partial charge on any atom is -0.361 e. The molecule has 1 amide bonds. The van der Waals surface area contributed by atoms with Gasteiger partial charge < -0.3 is 10.2 Å². The molecular weight excluding hydrogens is 413 g/mol. The van der Waals surface area contributed by atoms with Crippen molar-refractivity contribution < 1.29 is 18.0 Å². The molecule has 0 saturated carbocycles. The first-order valence-corrected chi connectivity index (χ1v) is 9.75. The number of anilines is 2. The number of nitrogens with zero attached hydrogens (tertiary/aromatic N) is 3. The first kappa shape index (κ1) is 20.2. The topological polar surface area (TPSA) is 58.1 Å². The predicted molar refractivity (Wildman–Crippen MR) is 110 cm³/mol. The number of aromatic nitrogens is 2. The van der Waals surface area contributed by atoms with E-state index in [-0.39, 0.29) is 5.69 Å². The van der Waals surface area contributed by atoms with Crippen LogP contribution in [0.15, 0.2) is 54.7 Å². The van der Waals surface area contributed by atoms with Crippen LogP contribution in [0.25, 0.3) is 0 Å². The van der Waals surface area contributed by atoms with E-state index in [2.05, 4.69) is 32.8 Å². The molecule has 0 atom stereocenters. The molecule has 3 aromatic rings. The second kappa shape index (κ2) is 7.98. The van der Waals surface area contributed by atoms with Gasteiger partial charge in [-0.15, -0.1) is 0 Å². The lowest BCUT2D eigenvalue weighted by Crippen LogP contribution is -2.17. The summed E-state index contributed by atoms with van der Waals surface area (Å²) in [6.45, 7) is 1.19. The zero-order chi connectivity index (χ0) is 21.3. The first-order chi connectivity index (χ1) is 14.3. The van der Waals surface area contributed by atoms with Gasteiger partial charge in [0.1, 0.15) is 5.82 Å². The molecule has 2 heterocycles. The van der Waals surface area contributed by atoms with E-state index < -0.39 is 17.6 Å². The zero-order valence-electron chi connectivity index (χ0n) is 15.6. The van der Waals surface area contributed by atoms with Gasteiger partial charge in [-0.1, -0.05) is 12.1 Å². The molecule has 1 aliphatic rings. The fraction of sp³-hybridized carbons (Fsp3) is 0.190. The number of rotatable bonds is 4. The number of amides is 1. The Morgan fingerprint density at radius 2 is 1.93 bits per heavy atom. The van der Waals surface area contributed by atoms with E-state index in [1.165, 1.54) is 12.1 Å². The van der Waals surface area contributed by atoms with Gasteiger partial charge in [0.05, 0.1) is 23.6 Å². The van der Waals surface area contributed by atoms with Crippen LogP contribution in [0.4, 0.5) is 24.5 Å². The smallest absolute Gasteiger partial charge is 0.361 e. The summed E-state index contributed by atoms with van der Waals surface area (Å²) in [5, 5.41) is 2.53. The summed E-state index contributed by atoms with van der Waals surface area (Å²) in [6, 6.07) is 11.5. The lowest BCUT2D eigenvalue weighted by molar-refractivity contribution is -0.137. The first-order valence-electron chi connectivity index (χ1n) is 9.11. The molecule has 30 heavy (non-hydrogen) atoms. The maximum Gasteiger partial charge on any atom is 0.416 e. The molecule has 0 fully saturated rings. The highest BCUT2D eigenvalue weighted by molar-refractivity contribution is 7.79. The molecular formula is C21H17F3N4OS. The van der Waals surface area contributed by atoms with Crippen molar-refractivity contribution >= 4 is 29.9 Å². The van der Waals surface area contributed by atoms with Crippen LogP contribution in [0.1, 0.15) is 33.0 Å². The highest BCUT2D eigenvalue weighted by Crippen LogP contribution is 2.31. The van der Waals surface area contributed by atoms with Gasteiger partial charge in [0.15, 0.2) is 0 Å². The quantitative estimate of drug-likeness (QED) is 0.590. The molecule has 0 bridgehead atoms. The Morgan fingerprint density at radius 1 is 1.13 bits per heavy atom. The number of hydrogen-bond donors (Lipinski definition) is 2. The van der Waals surface area contributed by atoms with Gasteiger partial charge in [-0.25, -0.2) is 9.97 Å². The van der Waals surface area contributed by atoms with Crippen LogP contribution < -0.4 is 10.2 Å². The molecule has 5 nitrogen and oxygen atoms in total. The molecule has 0 aliphatic carbocycles. The Morgan fingerprint density at radius 3 is 2.70 bits per heavy atom. The van der Waals surface area contributed by atoms with Crippen LogP contribution in [0.2, 0.25) is 0 Å². The molecule has 0 spiro atoms. The second-order valence-corrected chi connectivity index (χ2v) is 7.17. The molecule has 4 rings (SSSR count). The lowest BCUT2D eigenvalue weighted by atomic mass is 10.1. The molecule has 0 saturated heterocycles. The Hall–Kier alpha value is -3.07. The van der Waals surface area contributed by atoms with Gasteiger partial charge in [-0.05, 0) is 36.4 Å². The number of alkyl halides is 3. The van der Waals surface area contributed by atoms with Gasteiger partial charge >= 0.3 is 6.18 Å². The molecule has 1 N–H and O–H groups in total. The van der Waals surface area contributed by atoms with E-state index in [9.17, 15) is 18.0 Å². The summed E-state index contributed by atoms with van der Waals surface area (Å²) in [5.41, 5.74) is 2.38. The number of halogens is 3. The molecule has 9 heteroatoms. The van der Waals surface area contributed by atoms with Crippen molar-refractivity contribution in [2.45, 2.75) is 25.0 Å². The van der Waals surface area contributed by atoms with Gasteiger partial charge in [-0.3, -0.25) is 4.79 Å². The highest BCUT2D eigenvalue weighted by Gasteiger charge is 2.30. The van der Waals surface area contributed by atoms with Crippen molar-refractivity contribution in [3.63, 3.8) is 0 Å². The van der Waals surface area contributed by atoms with E-state index in [1.807, 2.05) is 6.07 Å². The van der Waals surface area contributed by atoms with Crippen molar-refractivity contribution in [2.24, 2.45) is 0 Å². The minimum atomic E-state index is -4.47. The highest BCUT2D eigenvalue weighted by atomic mass is 32.1. The number of carbonyl (C=O) groups is 1.